The van der Waals surface area contributed by atoms with E-state index in [0.29, 0.717) is 11.4 Å². The summed E-state index contributed by atoms with van der Waals surface area (Å²) in [5.41, 5.74) is 0.971. The molecule has 0 amide bonds. The number of nitrogens with zero attached hydrogens (tertiary/aromatic N) is 2. The van der Waals surface area contributed by atoms with E-state index in [2.05, 4.69) is 6.07 Å². The molecule has 1 aromatic carbocycles. The van der Waals surface area contributed by atoms with E-state index < -0.39 is 5.41 Å². The summed E-state index contributed by atoms with van der Waals surface area (Å²) >= 11 is 5.94. The molecule has 0 aromatic heterocycles. The summed E-state index contributed by atoms with van der Waals surface area (Å²) in [4.78, 5) is 14.9. The third-order valence-electron chi connectivity index (χ3n) is 3.97. The van der Waals surface area contributed by atoms with Gasteiger partial charge in [0, 0.05) is 30.9 Å². The SMILES string of the molecule is CN(C)C=C1CCCC(CC#N)(c2ccc(Cl)cc2)C1=O. The Morgan fingerprint density at radius 2 is 2.05 bits per heavy atom. The number of rotatable bonds is 3. The smallest absolute Gasteiger partial charge is 0.171 e. The number of hydrogen-bond donors (Lipinski definition) is 0. The van der Waals surface area contributed by atoms with E-state index in [1.165, 1.54) is 0 Å². The van der Waals surface area contributed by atoms with Gasteiger partial charge in [-0.3, -0.25) is 4.79 Å². The lowest BCUT2D eigenvalue weighted by Gasteiger charge is -2.36. The largest absolute Gasteiger partial charge is 0.383 e. The number of ketones is 1. The second kappa shape index (κ2) is 6.32. The van der Waals surface area contributed by atoms with Crippen molar-refractivity contribution < 1.29 is 4.79 Å². The molecule has 1 aliphatic rings. The first-order valence-corrected chi connectivity index (χ1v) is 7.42. The van der Waals surface area contributed by atoms with E-state index in [4.69, 9.17) is 11.6 Å². The minimum atomic E-state index is -0.723. The summed E-state index contributed by atoms with van der Waals surface area (Å²) < 4.78 is 0. The highest BCUT2D eigenvalue weighted by atomic mass is 35.5. The Morgan fingerprint density at radius 1 is 1.38 bits per heavy atom. The fourth-order valence-corrected chi connectivity index (χ4v) is 3.13. The Hall–Kier alpha value is -1.79. The fraction of sp³-hybridized carbons (Fsp3) is 0.412. The average Bonchev–Trinajstić information content (AvgIpc) is 2.44. The normalized spacial score (nSPS) is 23.9. The van der Waals surface area contributed by atoms with Gasteiger partial charge in [-0.1, -0.05) is 23.7 Å². The van der Waals surface area contributed by atoms with Crippen molar-refractivity contribution in [3.8, 4) is 6.07 Å². The lowest BCUT2D eigenvalue weighted by atomic mass is 9.65. The highest BCUT2D eigenvalue weighted by Gasteiger charge is 2.43. The monoisotopic (exact) mass is 302 g/mol. The number of halogens is 1. The first-order chi connectivity index (χ1) is 9.99. The predicted octanol–water partition coefficient (Wildman–Crippen LogP) is 3.69. The van der Waals surface area contributed by atoms with Crippen LogP contribution in [0.2, 0.25) is 5.02 Å². The molecule has 1 atom stereocenters. The molecule has 1 aromatic rings. The summed E-state index contributed by atoms with van der Waals surface area (Å²) in [7, 11) is 3.81. The van der Waals surface area contributed by atoms with Gasteiger partial charge in [-0.15, -0.1) is 0 Å². The minimum absolute atomic E-state index is 0.0753. The van der Waals surface area contributed by atoms with Gasteiger partial charge in [-0.05, 0) is 37.0 Å². The molecule has 0 radical (unpaired) electrons. The van der Waals surface area contributed by atoms with E-state index in [0.717, 1.165) is 24.0 Å². The molecule has 1 aliphatic carbocycles. The fourth-order valence-electron chi connectivity index (χ4n) is 3.00. The zero-order valence-corrected chi connectivity index (χ0v) is 13.2. The van der Waals surface area contributed by atoms with Crippen LogP contribution in [0.4, 0.5) is 0 Å². The first kappa shape index (κ1) is 15.6. The third-order valence-corrected chi connectivity index (χ3v) is 4.22. The van der Waals surface area contributed by atoms with E-state index >= 15 is 0 Å². The lowest BCUT2D eigenvalue weighted by molar-refractivity contribution is -0.122. The molecule has 2 rings (SSSR count). The standard InChI is InChI=1S/C17H19ClN2O/c1-20(2)12-13-4-3-9-17(10-11-19,16(13)21)14-5-7-15(18)8-6-14/h5-8,12H,3-4,9-10H2,1-2H3. The number of allylic oxidation sites excluding steroid dienone is 1. The molecule has 4 heteroatoms. The van der Waals surface area contributed by atoms with E-state index in [1.54, 1.807) is 12.1 Å². The van der Waals surface area contributed by atoms with Crippen LogP contribution >= 0.6 is 11.6 Å². The van der Waals surface area contributed by atoms with Crippen molar-refractivity contribution in [3.05, 3.63) is 46.6 Å². The van der Waals surface area contributed by atoms with Gasteiger partial charge in [0.05, 0.1) is 17.9 Å². The van der Waals surface area contributed by atoms with Gasteiger partial charge in [-0.25, -0.2) is 0 Å². The summed E-state index contributed by atoms with van der Waals surface area (Å²) in [6, 6.07) is 9.51. The van der Waals surface area contributed by atoms with Crippen molar-refractivity contribution >= 4 is 17.4 Å². The molecular weight excluding hydrogens is 284 g/mol. The maximum Gasteiger partial charge on any atom is 0.171 e. The molecule has 0 heterocycles. The summed E-state index contributed by atoms with van der Waals surface area (Å²) in [6.45, 7) is 0. The van der Waals surface area contributed by atoms with Crippen molar-refractivity contribution in [1.82, 2.24) is 4.90 Å². The number of hydrogen-bond acceptors (Lipinski definition) is 3. The van der Waals surface area contributed by atoms with E-state index in [-0.39, 0.29) is 12.2 Å². The molecule has 21 heavy (non-hydrogen) atoms. The molecule has 0 bridgehead atoms. The zero-order chi connectivity index (χ0) is 15.5. The number of carbonyl (C=O) groups excluding carboxylic acids is 1. The van der Waals surface area contributed by atoms with Crippen LogP contribution in [0.25, 0.3) is 0 Å². The number of carbonyl (C=O) groups is 1. The Balaban J connectivity index is 2.48. The molecule has 1 unspecified atom stereocenters. The summed E-state index contributed by atoms with van der Waals surface area (Å²) in [5.74, 6) is 0.0753. The van der Waals surface area contributed by atoms with E-state index in [1.807, 2.05) is 37.3 Å². The molecule has 110 valence electrons. The molecule has 0 saturated heterocycles. The third kappa shape index (κ3) is 3.11. The second-order valence-electron chi connectivity index (χ2n) is 5.72. The van der Waals surface area contributed by atoms with Crippen LogP contribution in [-0.2, 0) is 10.2 Å². The number of Topliss-reactive ketones (excluding diaryl/α,β-unsaturated/α-hetero) is 1. The van der Waals surface area contributed by atoms with Gasteiger partial charge in [0.2, 0.25) is 0 Å². The molecule has 0 aliphatic heterocycles. The van der Waals surface area contributed by atoms with Crippen LogP contribution in [0.15, 0.2) is 36.0 Å². The second-order valence-corrected chi connectivity index (χ2v) is 6.16. The molecule has 1 fully saturated rings. The van der Waals surface area contributed by atoms with Crippen molar-refractivity contribution in [2.24, 2.45) is 0 Å². The van der Waals surface area contributed by atoms with Crippen LogP contribution in [0, 0.1) is 11.3 Å². The maximum atomic E-state index is 13.0. The number of benzene rings is 1. The molecule has 0 spiro atoms. The van der Waals surface area contributed by atoms with Gasteiger partial charge in [0.25, 0.3) is 0 Å². The van der Waals surface area contributed by atoms with Gasteiger partial charge in [0.15, 0.2) is 5.78 Å². The molecule has 3 nitrogen and oxygen atoms in total. The van der Waals surface area contributed by atoms with Crippen LogP contribution < -0.4 is 0 Å². The Bertz CT molecular complexity index is 598. The van der Waals surface area contributed by atoms with Crippen LogP contribution in [0.1, 0.15) is 31.2 Å². The van der Waals surface area contributed by atoms with Gasteiger partial charge in [0.1, 0.15) is 0 Å². The zero-order valence-electron chi connectivity index (χ0n) is 12.4. The van der Waals surface area contributed by atoms with Crippen molar-refractivity contribution in [3.63, 3.8) is 0 Å². The Kier molecular flexibility index (Phi) is 4.69. The topological polar surface area (TPSA) is 44.1 Å². The minimum Gasteiger partial charge on any atom is -0.383 e. The molecule has 1 saturated carbocycles. The summed E-state index contributed by atoms with van der Waals surface area (Å²) in [6.07, 6.45) is 4.49. The Morgan fingerprint density at radius 3 is 2.62 bits per heavy atom. The average molecular weight is 303 g/mol. The van der Waals surface area contributed by atoms with Crippen molar-refractivity contribution in [1.29, 1.82) is 5.26 Å². The number of nitriles is 1. The predicted molar refractivity (Wildman–Crippen MR) is 84.0 cm³/mol. The first-order valence-electron chi connectivity index (χ1n) is 7.04. The Labute approximate surface area is 130 Å². The van der Waals surface area contributed by atoms with Crippen LogP contribution in [-0.4, -0.2) is 24.8 Å². The van der Waals surface area contributed by atoms with Gasteiger partial charge >= 0.3 is 0 Å². The lowest BCUT2D eigenvalue weighted by Crippen LogP contribution is -2.40. The highest BCUT2D eigenvalue weighted by molar-refractivity contribution is 6.30. The van der Waals surface area contributed by atoms with Crippen molar-refractivity contribution in [2.75, 3.05) is 14.1 Å². The molecule has 0 N–H and O–H groups in total. The van der Waals surface area contributed by atoms with Crippen LogP contribution in [0.3, 0.4) is 0 Å². The van der Waals surface area contributed by atoms with E-state index in [9.17, 15) is 10.1 Å². The summed E-state index contributed by atoms with van der Waals surface area (Å²) in [5, 5.41) is 9.86. The van der Waals surface area contributed by atoms with Gasteiger partial charge in [-0.2, -0.15) is 5.26 Å². The van der Waals surface area contributed by atoms with Gasteiger partial charge < -0.3 is 4.90 Å². The highest BCUT2D eigenvalue weighted by Crippen LogP contribution is 2.41. The maximum absolute atomic E-state index is 13.0. The quantitative estimate of drug-likeness (QED) is 0.800. The van der Waals surface area contributed by atoms with Crippen LogP contribution in [0.5, 0.6) is 0 Å². The molecular formula is C17H19ClN2O. The van der Waals surface area contributed by atoms with Crippen molar-refractivity contribution in [2.45, 2.75) is 31.1 Å².